The zero-order valence-electron chi connectivity index (χ0n) is 13.4. The van der Waals surface area contributed by atoms with Crippen molar-refractivity contribution < 1.29 is 9.21 Å². The summed E-state index contributed by atoms with van der Waals surface area (Å²) in [5.41, 5.74) is 1.63. The van der Waals surface area contributed by atoms with Crippen molar-refractivity contribution in [3.63, 3.8) is 0 Å². The van der Waals surface area contributed by atoms with Gasteiger partial charge in [0.15, 0.2) is 0 Å². The monoisotopic (exact) mass is 314 g/mol. The minimum Gasteiger partial charge on any atom is -0.423 e. The number of nitrogens with zero attached hydrogens (tertiary/aromatic N) is 3. The van der Waals surface area contributed by atoms with Crippen LogP contribution in [-0.4, -0.2) is 32.5 Å². The predicted octanol–water partition coefficient (Wildman–Crippen LogP) is 3.34. The number of H-pyrrole nitrogens is 1. The standard InChI is InChI=1S/C17H22N4O2/c1-11-13(8-9-18-11)17(22)21-10-3-2-7-14(21)16-20-19-15(23-16)12-5-4-6-12/h8-9,12,14,18H,2-7,10H2,1H3. The van der Waals surface area contributed by atoms with Crippen LogP contribution < -0.4 is 0 Å². The number of piperidine rings is 1. The third-order valence-corrected chi connectivity index (χ3v) is 5.14. The SMILES string of the molecule is Cc1[nH]ccc1C(=O)N1CCCCC1c1nnc(C2CCC2)o1. The molecule has 6 nitrogen and oxygen atoms in total. The van der Waals surface area contributed by atoms with Crippen LogP contribution in [0.5, 0.6) is 0 Å². The molecule has 1 N–H and O–H groups in total. The van der Waals surface area contributed by atoms with Gasteiger partial charge in [-0.1, -0.05) is 6.42 Å². The first kappa shape index (κ1) is 14.5. The van der Waals surface area contributed by atoms with Gasteiger partial charge in [-0.15, -0.1) is 10.2 Å². The second kappa shape index (κ2) is 5.83. The third-order valence-electron chi connectivity index (χ3n) is 5.14. The van der Waals surface area contributed by atoms with Crippen molar-refractivity contribution in [2.24, 2.45) is 0 Å². The smallest absolute Gasteiger partial charge is 0.256 e. The van der Waals surface area contributed by atoms with Crippen molar-refractivity contribution in [3.05, 3.63) is 35.3 Å². The zero-order valence-corrected chi connectivity index (χ0v) is 13.4. The maximum Gasteiger partial charge on any atom is 0.256 e. The van der Waals surface area contributed by atoms with Crippen molar-refractivity contribution in [1.29, 1.82) is 0 Å². The summed E-state index contributed by atoms with van der Waals surface area (Å²) in [5.74, 6) is 1.84. The molecular formula is C17H22N4O2. The largest absolute Gasteiger partial charge is 0.423 e. The number of carbonyl (C=O) groups excluding carboxylic acids is 1. The van der Waals surface area contributed by atoms with Crippen molar-refractivity contribution >= 4 is 5.91 Å². The van der Waals surface area contributed by atoms with E-state index >= 15 is 0 Å². The molecule has 1 aliphatic heterocycles. The van der Waals surface area contributed by atoms with Crippen molar-refractivity contribution in [1.82, 2.24) is 20.1 Å². The molecule has 1 saturated carbocycles. The first-order valence-electron chi connectivity index (χ1n) is 8.52. The number of aromatic nitrogens is 3. The average molecular weight is 314 g/mol. The number of likely N-dealkylation sites (tertiary alicyclic amines) is 1. The van der Waals surface area contributed by atoms with E-state index in [0.29, 0.717) is 11.8 Å². The molecule has 2 fully saturated rings. The van der Waals surface area contributed by atoms with Crippen molar-refractivity contribution in [2.75, 3.05) is 6.54 Å². The van der Waals surface area contributed by atoms with Crippen LogP contribution in [0.25, 0.3) is 0 Å². The van der Waals surface area contributed by atoms with Gasteiger partial charge in [-0.05, 0) is 45.1 Å². The highest BCUT2D eigenvalue weighted by Crippen LogP contribution is 2.38. The summed E-state index contributed by atoms with van der Waals surface area (Å²) in [6.45, 7) is 2.67. The van der Waals surface area contributed by atoms with E-state index in [1.807, 2.05) is 24.1 Å². The zero-order chi connectivity index (χ0) is 15.8. The third kappa shape index (κ3) is 2.56. The molecule has 1 unspecified atom stereocenters. The van der Waals surface area contributed by atoms with Gasteiger partial charge in [-0.2, -0.15) is 0 Å². The maximum absolute atomic E-state index is 12.9. The molecule has 3 heterocycles. The molecule has 0 radical (unpaired) electrons. The lowest BCUT2D eigenvalue weighted by Crippen LogP contribution is -2.38. The van der Waals surface area contributed by atoms with E-state index in [4.69, 9.17) is 4.42 Å². The van der Waals surface area contributed by atoms with Crippen molar-refractivity contribution in [3.8, 4) is 0 Å². The number of aryl methyl sites for hydroxylation is 1. The number of hydrogen-bond acceptors (Lipinski definition) is 4. The Kier molecular flexibility index (Phi) is 3.67. The Balaban J connectivity index is 1.59. The van der Waals surface area contributed by atoms with Gasteiger partial charge in [0, 0.05) is 24.4 Å². The predicted molar refractivity (Wildman–Crippen MR) is 84.0 cm³/mol. The Bertz CT molecular complexity index is 701. The van der Waals surface area contributed by atoms with Gasteiger partial charge in [-0.3, -0.25) is 4.79 Å². The summed E-state index contributed by atoms with van der Waals surface area (Å²) in [7, 11) is 0. The first-order valence-corrected chi connectivity index (χ1v) is 8.52. The highest BCUT2D eigenvalue weighted by Gasteiger charge is 2.34. The summed E-state index contributed by atoms with van der Waals surface area (Å²) < 4.78 is 5.93. The van der Waals surface area contributed by atoms with Gasteiger partial charge in [-0.25, -0.2) is 0 Å². The number of amides is 1. The molecule has 6 heteroatoms. The number of aromatic amines is 1. The van der Waals surface area contributed by atoms with Crippen LogP contribution in [-0.2, 0) is 0 Å². The van der Waals surface area contributed by atoms with Crippen LogP contribution in [0, 0.1) is 6.92 Å². The fourth-order valence-corrected chi connectivity index (χ4v) is 3.47. The van der Waals surface area contributed by atoms with E-state index in [-0.39, 0.29) is 11.9 Å². The topological polar surface area (TPSA) is 75.0 Å². The fraction of sp³-hybridized carbons (Fsp3) is 0.588. The molecule has 1 atom stereocenters. The van der Waals surface area contributed by atoms with Crippen molar-refractivity contribution in [2.45, 2.75) is 57.4 Å². The van der Waals surface area contributed by atoms with E-state index in [1.165, 1.54) is 6.42 Å². The minimum absolute atomic E-state index is 0.0526. The Morgan fingerprint density at radius 1 is 1.22 bits per heavy atom. The number of rotatable bonds is 3. The molecule has 122 valence electrons. The van der Waals surface area contributed by atoms with Gasteiger partial charge in [0.25, 0.3) is 5.91 Å². The van der Waals surface area contributed by atoms with Gasteiger partial charge in [0.2, 0.25) is 11.8 Å². The highest BCUT2D eigenvalue weighted by atomic mass is 16.4. The van der Waals surface area contributed by atoms with Gasteiger partial charge in [0.05, 0.1) is 5.56 Å². The first-order chi connectivity index (χ1) is 11.2. The Morgan fingerprint density at radius 3 is 2.74 bits per heavy atom. The van der Waals surface area contributed by atoms with Crippen LogP contribution in [0.15, 0.2) is 16.7 Å². The number of hydrogen-bond donors (Lipinski definition) is 1. The Morgan fingerprint density at radius 2 is 2.04 bits per heavy atom. The van der Waals surface area contributed by atoms with Crippen LogP contribution in [0.2, 0.25) is 0 Å². The van der Waals surface area contributed by atoms with Gasteiger partial charge >= 0.3 is 0 Å². The van der Waals surface area contributed by atoms with E-state index in [1.54, 1.807) is 0 Å². The number of nitrogens with one attached hydrogen (secondary N) is 1. The molecule has 4 rings (SSSR count). The van der Waals surface area contributed by atoms with Gasteiger partial charge < -0.3 is 14.3 Å². The Hall–Kier alpha value is -2.11. The minimum atomic E-state index is -0.0909. The summed E-state index contributed by atoms with van der Waals surface area (Å²) in [5, 5.41) is 8.49. The van der Waals surface area contributed by atoms with Crippen LogP contribution in [0.4, 0.5) is 0 Å². The lowest BCUT2D eigenvalue weighted by atomic mass is 9.85. The number of carbonyl (C=O) groups is 1. The Labute approximate surface area is 135 Å². The van der Waals surface area contributed by atoms with Crippen LogP contribution in [0.3, 0.4) is 0 Å². The van der Waals surface area contributed by atoms with E-state index in [0.717, 1.165) is 55.8 Å². The molecule has 0 bridgehead atoms. The van der Waals surface area contributed by atoms with E-state index in [2.05, 4.69) is 15.2 Å². The maximum atomic E-state index is 12.9. The normalized spacial score (nSPS) is 22.1. The molecule has 1 saturated heterocycles. The summed E-state index contributed by atoms with van der Waals surface area (Å²) in [6.07, 6.45) is 8.32. The second-order valence-corrected chi connectivity index (χ2v) is 6.63. The molecule has 1 amide bonds. The van der Waals surface area contributed by atoms with E-state index in [9.17, 15) is 4.79 Å². The van der Waals surface area contributed by atoms with Gasteiger partial charge in [0.1, 0.15) is 6.04 Å². The summed E-state index contributed by atoms with van der Waals surface area (Å²) >= 11 is 0. The molecule has 2 aromatic heterocycles. The molecular weight excluding hydrogens is 292 g/mol. The molecule has 0 aromatic carbocycles. The van der Waals surface area contributed by atoms with Crippen LogP contribution in [0.1, 0.15) is 78.3 Å². The lowest BCUT2D eigenvalue weighted by Gasteiger charge is -2.33. The highest BCUT2D eigenvalue weighted by molar-refractivity contribution is 5.95. The molecule has 1 aliphatic carbocycles. The average Bonchev–Trinajstić information content (AvgIpc) is 3.14. The molecule has 0 spiro atoms. The lowest BCUT2D eigenvalue weighted by molar-refractivity contribution is 0.0567. The fourth-order valence-electron chi connectivity index (χ4n) is 3.47. The van der Waals surface area contributed by atoms with Crippen LogP contribution >= 0.6 is 0 Å². The summed E-state index contributed by atoms with van der Waals surface area (Å²) in [4.78, 5) is 17.9. The molecule has 2 aromatic rings. The summed E-state index contributed by atoms with van der Waals surface area (Å²) in [6, 6.07) is 1.75. The molecule has 2 aliphatic rings. The quantitative estimate of drug-likeness (QED) is 0.942. The van der Waals surface area contributed by atoms with E-state index < -0.39 is 0 Å². The molecule has 23 heavy (non-hydrogen) atoms. The second-order valence-electron chi connectivity index (χ2n) is 6.63.